The number of rotatable bonds is 6. The largest absolute Gasteiger partial charge is 0.360 e. The molecule has 1 heterocycles. The molecule has 3 rings (SSSR count). The van der Waals surface area contributed by atoms with Crippen molar-refractivity contribution in [2.24, 2.45) is 10.9 Å². The van der Waals surface area contributed by atoms with Gasteiger partial charge in [0.15, 0.2) is 5.78 Å². The number of Topliss-reactive ketones (excluding diaryl/α,β-unsaturated/α-hetero) is 1. The summed E-state index contributed by atoms with van der Waals surface area (Å²) in [5, 5.41) is 0. The van der Waals surface area contributed by atoms with Gasteiger partial charge in [-0.25, -0.2) is 4.99 Å². The average Bonchev–Trinajstić information content (AvgIpc) is 3.01. The topological polar surface area (TPSA) is 32.7 Å². The number of carbonyl (C=O) groups excluding carboxylic acids is 1. The van der Waals surface area contributed by atoms with E-state index in [4.69, 9.17) is 4.99 Å². The molecule has 1 saturated heterocycles. The third kappa shape index (κ3) is 5.91. The molecule has 1 unspecified atom stereocenters. The second-order valence-corrected chi connectivity index (χ2v) is 8.42. The first-order chi connectivity index (χ1) is 14.5. The normalized spacial score (nSPS) is 17.5. The fourth-order valence-corrected chi connectivity index (χ4v) is 4.10. The number of hydrogen-bond donors (Lipinski definition) is 0. The van der Waals surface area contributed by atoms with Crippen LogP contribution in [0.25, 0.3) is 0 Å². The third-order valence-corrected chi connectivity index (χ3v) is 6.05. The van der Waals surface area contributed by atoms with Crippen LogP contribution in [-0.4, -0.2) is 29.6 Å². The smallest absolute Gasteiger partial charge is 0.166 e. The van der Waals surface area contributed by atoms with Crippen molar-refractivity contribution in [3.63, 3.8) is 0 Å². The van der Waals surface area contributed by atoms with Gasteiger partial charge < -0.3 is 4.90 Å². The molecule has 0 spiro atoms. The summed E-state index contributed by atoms with van der Waals surface area (Å²) >= 11 is 0. The average molecular weight is 403 g/mol. The fourth-order valence-electron chi connectivity index (χ4n) is 4.10. The number of benzene rings is 2. The molecule has 0 bridgehead atoms. The van der Waals surface area contributed by atoms with Crippen LogP contribution in [0.3, 0.4) is 0 Å². The quantitative estimate of drug-likeness (QED) is 0.336. The van der Waals surface area contributed by atoms with Crippen LogP contribution >= 0.6 is 0 Å². The van der Waals surface area contributed by atoms with Crippen molar-refractivity contribution in [1.29, 1.82) is 0 Å². The summed E-state index contributed by atoms with van der Waals surface area (Å²) in [4.78, 5) is 20.1. The van der Waals surface area contributed by atoms with Crippen LogP contribution in [0.2, 0.25) is 0 Å². The van der Waals surface area contributed by atoms with Crippen molar-refractivity contribution >= 4 is 11.6 Å². The number of aryl methyl sites for hydroxylation is 2. The molecule has 0 saturated carbocycles. The molecule has 1 aliphatic rings. The Morgan fingerprint density at radius 2 is 1.70 bits per heavy atom. The van der Waals surface area contributed by atoms with Crippen molar-refractivity contribution in [1.82, 2.24) is 4.90 Å². The maximum atomic E-state index is 13.0. The number of aliphatic imine (C=N–C) groups is 1. The van der Waals surface area contributed by atoms with E-state index in [0.717, 1.165) is 62.3 Å². The zero-order valence-electron chi connectivity index (χ0n) is 18.7. The van der Waals surface area contributed by atoms with Gasteiger partial charge in [-0.15, -0.1) is 0 Å². The maximum Gasteiger partial charge on any atom is 0.166 e. The molecule has 3 heteroatoms. The lowest BCUT2D eigenvalue weighted by molar-refractivity contribution is 0.0909. The number of amidine groups is 1. The van der Waals surface area contributed by atoms with E-state index in [2.05, 4.69) is 68.6 Å². The highest BCUT2D eigenvalue weighted by Gasteiger charge is 2.24. The van der Waals surface area contributed by atoms with E-state index in [9.17, 15) is 4.79 Å². The van der Waals surface area contributed by atoms with E-state index in [-0.39, 0.29) is 11.7 Å². The first kappa shape index (κ1) is 22.0. The molecule has 0 radical (unpaired) electrons. The number of hydrogen-bond acceptors (Lipinski definition) is 2. The molecule has 1 fully saturated rings. The highest BCUT2D eigenvalue weighted by Crippen LogP contribution is 2.23. The van der Waals surface area contributed by atoms with E-state index >= 15 is 0 Å². The van der Waals surface area contributed by atoms with Gasteiger partial charge >= 0.3 is 0 Å². The van der Waals surface area contributed by atoms with E-state index < -0.39 is 0 Å². The van der Waals surface area contributed by atoms with Crippen LogP contribution in [0.5, 0.6) is 0 Å². The van der Waals surface area contributed by atoms with Gasteiger partial charge in [0.25, 0.3) is 0 Å². The number of likely N-dealkylation sites (tertiary alicyclic amines) is 1. The predicted octanol–water partition coefficient (Wildman–Crippen LogP) is 6.02. The first-order valence-corrected chi connectivity index (χ1v) is 11.1. The van der Waals surface area contributed by atoms with Gasteiger partial charge in [0.05, 0.1) is 0 Å². The lowest BCUT2D eigenvalue weighted by atomic mass is 9.91. The second-order valence-electron chi connectivity index (χ2n) is 8.42. The summed E-state index contributed by atoms with van der Waals surface area (Å²) in [6, 6.07) is 16.7. The van der Waals surface area contributed by atoms with Gasteiger partial charge in [0.2, 0.25) is 0 Å². The Morgan fingerprint density at radius 1 is 1.03 bits per heavy atom. The van der Waals surface area contributed by atoms with Crippen molar-refractivity contribution < 1.29 is 4.79 Å². The molecule has 0 aliphatic carbocycles. The third-order valence-electron chi connectivity index (χ3n) is 6.05. The minimum atomic E-state index is 0.103. The van der Waals surface area contributed by atoms with E-state index in [1.807, 2.05) is 12.1 Å². The molecule has 158 valence electrons. The van der Waals surface area contributed by atoms with Gasteiger partial charge in [0.1, 0.15) is 5.84 Å². The van der Waals surface area contributed by atoms with Crippen molar-refractivity contribution in [2.75, 3.05) is 13.1 Å². The Bertz CT molecular complexity index is 893. The molecular weight excluding hydrogens is 368 g/mol. The molecule has 30 heavy (non-hydrogen) atoms. The first-order valence-electron chi connectivity index (χ1n) is 11.1. The van der Waals surface area contributed by atoms with Crippen LogP contribution in [-0.2, 0) is 12.8 Å². The van der Waals surface area contributed by atoms with Crippen LogP contribution in [0.4, 0.5) is 0 Å². The molecule has 2 aromatic carbocycles. The SMILES string of the molecule is C=C(Cc1ccc(C)cc1)N=C(C)N1CCCC(C(=O)c2ccc(CC)cc2)CC1. The summed E-state index contributed by atoms with van der Waals surface area (Å²) in [6.07, 6.45) is 4.61. The number of ketones is 1. The van der Waals surface area contributed by atoms with Crippen molar-refractivity contribution in [2.45, 2.75) is 52.9 Å². The summed E-state index contributed by atoms with van der Waals surface area (Å²) < 4.78 is 0. The van der Waals surface area contributed by atoms with Gasteiger partial charge in [-0.2, -0.15) is 0 Å². The zero-order chi connectivity index (χ0) is 21.5. The minimum Gasteiger partial charge on any atom is -0.360 e. The molecule has 0 amide bonds. The van der Waals surface area contributed by atoms with E-state index in [0.29, 0.717) is 0 Å². The number of allylic oxidation sites excluding steroid dienone is 1. The molecule has 1 atom stereocenters. The Hall–Kier alpha value is -2.68. The number of carbonyl (C=O) groups is 1. The monoisotopic (exact) mass is 402 g/mol. The van der Waals surface area contributed by atoms with Gasteiger partial charge in [-0.1, -0.05) is 67.6 Å². The van der Waals surface area contributed by atoms with Crippen LogP contribution in [0.15, 0.2) is 65.8 Å². The Morgan fingerprint density at radius 3 is 2.37 bits per heavy atom. The van der Waals surface area contributed by atoms with Gasteiger partial charge in [0, 0.05) is 36.7 Å². The summed E-state index contributed by atoms with van der Waals surface area (Å²) in [5.41, 5.74) is 5.50. The Labute approximate surface area is 181 Å². The highest BCUT2D eigenvalue weighted by atomic mass is 16.1. The molecule has 2 aromatic rings. The summed E-state index contributed by atoms with van der Waals surface area (Å²) in [7, 11) is 0. The number of nitrogens with zero attached hydrogens (tertiary/aromatic N) is 2. The minimum absolute atomic E-state index is 0.103. The summed E-state index contributed by atoms with van der Waals surface area (Å²) in [5.74, 6) is 1.40. The lowest BCUT2D eigenvalue weighted by Gasteiger charge is -2.22. The Balaban J connectivity index is 1.57. The molecule has 1 aliphatic heterocycles. The van der Waals surface area contributed by atoms with Crippen LogP contribution in [0.1, 0.15) is 60.2 Å². The lowest BCUT2D eigenvalue weighted by Crippen LogP contribution is -2.30. The van der Waals surface area contributed by atoms with Gasteiger partial charge in [-0.05, 0) is 50.7 Å². The van der Waals surface area contributed by atoms with Gasteiger partial charge in [-0.3, -0.25) is 4.79 Å². The molecule has 0 aromatic heterocycles. The second kappa shape index (κ2) is 10.4. The predicted molar refractivity (Wildman–Crippen MR) is 126 cm³/mol. The fraction of sp³-hybridized carbons (Fsp3) is 0.407. The van der Waals surface area contributed by atoms with E-state index in [1.54, 1.807) is 0 Å². The zero-order valence-corrected chi connectivity index (χ0v) is 18.7. The highest BCUT2D eigenvalue weighted by molar-refractivity contribution is 5.98. The maximum absolute atomic E-state index is 13.0. The molecule has 3 nitrogen and oxygen atoms in total. The van der Waals surface area contributed by atoms with Crippen molar-refractivity contribution in [3.8, 4) is 0 Å². The van der Waals surface area contributed by atoms with Crippen molar-refractivity contribution in [3.05, 3.63) is 83.1 Å². The van der Waals surface area contributed by atoms with E-state index in [1.165, 1.54) is 16.7 Å². The molecular formula is C27H34N2O. The summed E-state index contributed by atoms with van der Waals surface area (Å²) in [6.45, 7) is 12.3. The Kier molecular flexibility index (Phi) is 7.62. The van der Waals surface area contributed by atoms with Crippen LogP contribution < -0.4 is 0 Å². The van der Waals surface area contributed by atoms with Crippen LogP contribution in [0, 0.1) is 12.8 Å². The standard InChI is InChI=1S/C27H34N2O/c1-5-23-12-14-26(15-13-23)27(30)25-7-6-17-29(18-16-25)22(4)28-21(3)19-24-10-8-20(2)9-11-24/h8-15,25H,3,5-7,16-19H2,1-2,4H3. The molecule has 0 N–H and O–H groups in total.